The Balaban J connectivity index is 2.02. The number of nitrogens with zero attached hydrogens (tertiary/aromatic N) is 4. The molecule has 0 aliphatic carbocycles. The number of nitrogens with one attached hydrogen (secondary N) is 1. The molecular formula is C16H27N5O4. The lowest BCUT2D eigenvalue weighted by Crippen LogP contribution is -2.46. The van der Waals surface area contributed by atoms with Crippen LogP contribution in [-0.4, -0.2) is 45.5 Å². The highest BCUT2D eigenvalue weighted by Crippen LogP contribution is 2.33. The minimum absolute atomic E-state index is 0.00373. The van der Waals surface area contributed by atoms with Gasteiger partial charge in [0.1, 0.15) is 11.3 Å². The number of nitro groups is 1. The molecule has 0 aromatic carbocycles. The number of piperidine rings is 1. The van der Waals surface area contributed by atoms with E-state index in [2.05, 4.69) is 10.4 Å². The van der Waals surface area contributed by atoms with Crippen LogP contribution in [0.3, 0.4) is 0 Å². The highest BCUT2D eigenvalue weighted by molar-refractivity contribution is 5.68. The lowest BCUT2D eigenvalue weighted by atomic mass is 10.1. The fourth-order valence-corrected chi connectivity index (χ4v) is 3.05. The largest absolute Gasteiger partial charge is 0.444 e. The number of aromatic nitrogens is 2. The van der Waals surface area contributed by atoms with Crippen LogP contribution in [0.4, 0.5) is 16.3 Å². The van der Waals surface area contributed by atoms with Crippen molar-refractivity contribution in [3.63, 3.8) is 0 Å². The normalized spacial score (nSPS) is 16.0. The second-order valence-electron chi connectivity index (χ2n) is 7.26. The number of amides is 1. The number of hydrogen-bond acceptors (Lipinski definition) is 6. The first-order valence-electron chi connectivity index (χ1n) is 8.57. The third-order valence-corrected chi connectivity index (χ3v) is 4.10. The molecule has 1 amide bonds. The van der Waals surface area contributed by atoms with E-state index in [1.54, 1.807) is 11.7 Å². The molecule has 0 atom stereocenters. The van der Waals surface area contributed by atoms with Crippen LogP contribution in [-0.2, 0) is 18.2 Å². The highest BCUT2D eigenvalue weighted by Gasteiger charge is 2.32. The molecule has 1 aliphatic rings. The Morgan fingerprint density at radius 1 is 1.40 bits per heavy atom. The van der Waals surface area contributed by atoms with Crippen molar-refractivity contribution in [1.82, 2.24) is 15.1 Å². The first-order chi connectivity index (χ1) is 11.6. The minimum Gasteiger partial charge on any atom is -0.444 e. The fourth-order valence-electron chi connectivity index (χ4n) is 3.05. The van der Waals surface area contributed by atoms with Crippen molar-refractivity contribution in [1.29, 1.82) is 0 Å². The predicted octanol–water partition coefficient (Wildman–Crippen LogP) is 2.38. The van der Waals surface area contributed by atoms with E-state index >= 15 is 0 Å². The van der Waals surface area contributed by atoms with Crippen LogP contribution in [0.15, 0.2) is 0 Å². The summed E-state index contributed by atoms with van der Waals surface area (Å²) >= 11 is 0. The lowest BCUT2D eigenvalue weighted by molar-refractivity contribution is -0.384. The molecule has 25 heavy (non-hydrogen) atoms. The summed E-state index contributed by atoms with van der Waals surface area (Å²) in [6, 6.07) is 0.00373. The Kier molecular flexibility index (Phi) is 5.54. The molecule has 0 saturated carbocycles. The van der Waals surface area contributed by atoms with E-state index in [1.165, 1.54) is 0 Å². The SMILES string of the molecule is CCc1nn(C)c(N2CCC(NC(=O)OC(C)(C)C)CC2)c1[N+](=O)[O-]. The molecule has 0 unspecified atom stereocenters. The summed E-state index contributed by atoms with van der Waals surface area (Å²) in [5.41, 5.74) is 0.0523. The second kappa shape index (κ2) is 7.28. The molecule has 1 aromatic heterocycles. The molecule has 1 aromatic rings. The Morgan fingerprint density at radius 2 is 2.00 bits per heavy atom. The maximum absolute atomic E-state index is 11.9. The lowest BCUT2D eigenvalue weighted by Gasteiger charge is -2.33. The zero-order chi connectivity index (χ0) is 18.8. The minimum atomic E-state index is -0.531. The van der Waals surface area contributed by atoms with E-state index in [9.17, 15) is 14.9 Å². The third-order valence-electron chi connectivity index (χ3n) is 4.10. The summed E-state index contributed by atoms with van der Waals surface area (Å²) in [6.07, 6.45) is 1.48. The molecule has 2 heterocycles. The van der Waals surface area contributed by atoms with Crippen molar-refractivity contribution >= 4 is 17.6 Å². The van der Waals surface area contributed by atoms with Crippen LogP contribution < -0.4 is 10.2 Å². The molecule has 1 saturated heterocycles. The van der Waals surface area contributed by atoms with Crippen LogP contribution in [0.25, 0.3) is 0 Å². The average molecular weight is 353 g/mol. The molecule has 0 spiro atoms. The molecule has 1 N–H and O–H groups in total. The van der Waals surface area contributed by atoms with Crippen LogP contribution in [0.2, 0.25) is 0 Å². The van der Waals surface area contributed by atoms with Gasteiger partial charge in [-0.25, -0.2) is 9.48 Å². The highest BCUT2D eigenvalue weighted by atomic mass is 16.6. The number of anilines is 1. The number of rotatable bonds is 4. The van der Waals surface area contributed by atoms with E-state index in [1.807, 2.05) is 32.6 Å². The number of carbonyl (C=O) groups excluding carboxylic acids is 1. The van der Waals surface area contributed by atoms with Crippen molar-refractivity contribution in [2.24, 2.45) is 7.05 Å². The number of carbonyl (C=O) groups is 1. The van der Waals surface area contributed by atoms with Gasteiger partial charge in [0.15, 0.2) is 0 Å². The monoisotopic (exact) mass is 353 g/mol. The van der Waals surface area contributed by atoms with Gasteiger partial charge >= 0.3 is 11.8 Å². The van der Waals surface area contributed by atoms with Crippen molar-refractivity contribution in [2.75, 3.05) is 18.0 Å². The van der Waals surface area contributed by atoms with Gasteiger partial charge in [0.25, 0.3) is 0 Å². The third kappa shape index (κ3) is 4.61. The smallest absolute Gasteiger partial charge is 0.407 e. The summed E-state index contributed by atoms with van der Waals surface area (Å²) < 4.78 is 6.85. The molecule has 1 aliphatic heterocycles. The first kappa shape index (κ1) is 19.0. The van der Waals surface area contributed by atoms with Crippen molar-refractivity contribution < 1.29 is 14.5 Å². The summed E-state index contributed by atoms with van der Waals surface area (Å²) in [4.78, 5) is 24.9. The summed E-state index contributed by atoms with van der Waals surface area (Å²) in [5.74, 6) is 0.539. The van der Waals surface area contributed by atoms with Crippen molar-refractivity contribution in [2.45, 2.75) is 58.6 Å². The van der Waals surface area contributed by atoms with Gasteiger partial charge in [0, 0.05) is 26.2 Å². The van der Waals surface area contributed by atoms with Crippen molar-refractivity contribution in [3.8, 4) is 0 Å². The molecule has 140 valence electrons. The molecule has 9 nitrogen and oxygen atoms in total. The van der Waals surface area contributed by atoms with Gasteiger partial charge in [0.2, 0.25) is 5.82 Å². The van der Waals surface area contributed by atoms with Crippen LogP contribution >= 0.6 is 0 Å². The Labute approximate surface area is 147 Å². The van der Waals surface area contributed by atoms with Crippen LogP contribution in [0.5, 0.6) is 0 Å². The maximum Gasteiger partial charge on any atom is 0.407 e. The van der Waals surface area contributed by atoms with E-state index in [4.69, 9.17) is 4.74 Å². The van der Waals surface area contributed by atoms with Gasteiger partial charge in [-0.1, -0.05) is 6.92 Å². The maximum atomic E-state index is 11.9. The summed E-state index contributed by atoms with van der Waals surface area (Å²) in [6.45, 7) is 8.55. The quantitative estimate of drug-likeness (QED) is 0.658. The Hall–Kier alpha value is -2.32. The molecule has 9 heteroatoms. The second-order valence-corrected chi connectivity index (χ2v) is 7.26. The number of alkyl carbamates (subject to hydrolysis) is 1. The predicted molar refractivity (Wildman–Crippen MR) is 93.8 cm³/mol. The standard InChI is InChI=1S/C16H27N5O4/c1-6-12-13(21(23)24)14(19(5)18-12)20-9-7-11(8-10-20)17-15(22)25-16(2,3)4/h11H,6-10H2,1-5H3,(H,17,22). The molecule has 0 bridgehead atoms. The average Bonchev–Trinajstić information content (AvgIpc) is 2.83. The molecule has 2 rings (SSSR count). The summed E-state index contributed by atoms with van der Waals surface area (Å²) in [5, 5.41) is 18.6. The van der Waals surface area contributed by atoms with Gasteiger partial charge in [-0.2, -0.15) is 5.10 Å². The van der Waals surface area contributed by atoms with E-state index in [0.717, 1.165) is 0 Å². The first-order valence-corrected chi connectivity index (χ1v) is 8.57. The zero-order valence-corrected chi connectivity index (χ0v) is 15.5. The van der Waals surface area contributed by atoms with Crippen LogP contribution in [0, 0.1) is 10.1 Å². The van der Waals surface area contributed by atoms with E-state index in [0.29, 0.717) is 43.9 Å². The van der Waals surface area contributed by atoms with Gasteiger partial charge in [-0.3, -0.25) is 10.1 Å². The van der Waals surface area contributed by atoms with Gasteiger partial charge in [-0.15, -0.1) is 0 Å². The van der Waals surface area contributed by atoms with Gasteiger partial charge in [-0.05, 0) is 40.0 Å². The number of hydrogen-bond donors (Lipinski definition) is 1. The van der Waals surface area contributed by atoms with Gasteiger partial charge < -0.3 is 15.0 Å². The van der Waals surface area contributed by atoms with E-state index < -0.39 is 11.7 Å². The topological polar surface area (TPSA) is 103 Å². The summed E-state index contributed by atoms with van der Waals surface area (Å²) in [7, 11) is 1.73. The zero-order valence-electron chi connectivity index (χ0n) is 15.5. The van der Waals surface area contributed by atoms with Crippen LogP contribution in [0.1, 0.15) is 46.2 Å². The Morgan fingerprint density at radius 3 is 2.48 bits per heavy atom. The van der Waals surface area contributed by atoms with E-state index in [-0.39, 0.29) is 16.7 Å². The molecular weight excluding hydrogens is 326 g/mol. The molecule has 0 radical (unpaired) electrons. The number of ether oxygens (including phenoxy) is 1. The fraction of sp³-hybridized carbons (Fsp3) is 0.750. The van der Waals surface area contributed by atoms with Gasteiger partial charge in [0.05, 0.1) is 4.92 Å². The van der Waals surface area contributed by atoms with Crippen molar-refractivity contribution in [3.05, 3.63) is 15.8 Å². The molecule has 1 fully saturated rings. The number of aryl methyl sites for hydroxylation is 2. The Bertz CT molecular complexity index is 642.